The molecule has 4 aromatic carbocycles. The van der Waals surface area contributed by atoms with Gasteiger partial charge in [-0.1, -0.05) is 60.1 Å². The fraction of sp³-hybridized carbons (Fsp3) is 0.282. The molecule has 1 aliphatic rings. The van der Waals surface area contributed by atoms with Gasteiger partial charge in [-0.15, -0.1) is 0 Å². The second kappa shape index (κ2) is 13.5. The van der Waals surface area contributed by atoms with Crippen molar-refractivity contribution in [2.75, 3.05) is 25.1 Å². The average molecular weight is 650 g/mol. The minimum Gasteiger partial charge on any atom is -0.496 e. The zero-order valence-electron chi connectivity index (χ0n) is 27.2. The standard InChI is InChI=1S/C39H40ClN3O4/c1-39(2,3)47-38(45)41-30-18-19-43(24-30)31-15-12-25(13-16-31)26-9-7-10-28(20-26)36(44)23-32(33-22-29(40)14-17-37(33)46-4)35-21-27-8-5-6-11-34(27)42-35/h5-17,20-22,30,32,42H,18-19,23-24H2,1-4H3,(H,41,45)/t30-,32+/m0/s1. The van der Waals surface area contributed by atoms with Gasteiger partial charge in [0.25, 0.3) is 0 Å². The third-order valence-corrected chi connectivity index (χ3v) is 8.78. The maximum absolute atomic E-state index is 14.0. The number of nitrogens with zero attached hydrogens (tertiary/aromatic N) is 1. The lowest BCUT2D eigenvalue weighted by Crippen LogP contribution is -2.40. The lowest BCUT2D eigenvalue weighted by molar-refractivity contribution is 0.0508. The smallest absolute Gasteiger partial charge is 0.407 e. The number of benzene rings is 4. The van der Waals surface area contributed by atoms with E-state index in [0.717, 1.165) is 58.5 Å². The van der Waals surface area contributed by atoms with E-state index in [9.17, 15) is 9.59 Å². The van der Waals surface area contributed by atoms with Crippen LogP contribution in [0.5, 0.6) is 5.75 Å². The summed E-state index contributed by atoms with van der Waals surface area (Å²) in [5.74, 6) is 0.417. The van der Waals surface area contributed by atoms with E-state index in [1.165, 1.54) is 0 Å². The van der Waals surface area contributed by atoms with Crippen molar-refractivity contribution in [2.24, 2.45) is 0 Å². The first-order valence-corrected chi connectivity index (χ1v) is 16.3. The largest absolute Gasteiger partial charge is 0.496 e. The molecule has 0 saturated carbocycles. The van der Waals surface area contributed by atoms with Crippen molar-refractivity contribution in [2.45, 2.75) is 51.2 Å². The summed E-state index contributed by atoms with van der Waals surface area (Å²) in [6.07, 6.45) is 0.707. The zero-order valence-corrected chi connectivity index (χ0v) is 27.9. The van der Waals surface area contributed by atoms with Crippen molar-refractivity contribution in [1.29, 1.82) is 0 Å². The molecular weight excluding hydrogens is 610 g/mol. The number of methoxy groups -OCH3 is 1. The summed E-state index contributed by atoms with van der Waals surface area (Å²) in [5, 5.41) is 4.65. The predicted octanol–water partition coefficient (Wildman–Crippen LogP) is 9.01. The summed E-state index contributed by atoms with van der Waals surface area (Å²) in [6.45, 7) is 7.15. The molecule has 6 rings (SSSR count). The van der Waals surface area contributed by atoms with Gasteiger partial charge in [-0.05, 0) is 92.2 Å². The van der Waals surface area contributed by atoms with Crippen molar-refractivity contribution in [3.05, 3.63) is 119 Å². The van der Waals surface area contributed by atoms with Crippen molar-refractivity contribution in [3.63, 3.8) is 0 Å². The number of ether oxygens (including phenoxy) is 2. The number of para-hydroxylation sites is 1. The Morgan fingerprint density at radius 3 is 2.49 bits per heavy atom. The number of aromatic nitrogens is 1. The Labute approximate surface area is 280 Å². The predicted molar refractivity (Wildman–Crippen MR) is 189 cm³/mol. The second-order valence-electron chi connectivity index (χ2n) is 13.1. The fourth-order valence-electron chi connectivity index (χ4n) is 6.28. The molecule has 0 radical (unpaired) electrons. The Balaban J connectivity index is 1.19. The molecule has 0 bridgehead atoms. The van der Waals surface area contributed by atoms with Gasteiger partial charge in [-0.25, -0.2) is 4.79 Å². The summed E-state index contributed by atoms with van der Waals surface area (Å²) in [6, 6.07) is 31.9. The minimum absolute atomic E-state index is 0.0229. The van der Waals surface area contributed by atoms with Gasteiger partial charge >= 0.3 is 6.09 Å². The highest BCUT2D eigenvalue weighted by atomic mass is 35.5. The molecule has 1 aliphatic heterocycles. The van der Waals surface area contributed by atoms with E-state index in [4.69, 9.17) is 21.1 Å². The molecular formula is C39H40ClN3O4. The van der Waals surface area contributed by atoms with Gasteiger partial charge in [-0.2, -0.15) is 0 Å². The van der Waals surface area contributed by atoms with Crippen molar-refractivity contribution in [1.82, 2.24) is 10.3 Å². The number of hydrogen-bond donors (Lipinski definition) is 2. The van der Waals surface area contributed by atoms with E-state index in [0.29, 0.717) is 16.3 Å². The van der Waals surface area contributed by atoms with Crippen molar-refractivity contribution in [3.8, 4) is 16.9 Å². The molecule has 242 valence electrons. The van der Waals surface area contributed by atoms with Crippen LogP contribution in [0, 0.1) is 0 Å². The number of Topliss-reactive ketones (excluding diaryl/α,β-unsaturated/α-hetero) is 1. The Hall–Kier alpha value is -4.75. The number of nitrogens with one attached hydrogen (secondary N) is 2. The van der Waals surface area contributed by atoms with E-state index in [1.54, 1.807) is 13.2 Å². The van der Waals surface area contributed by atoms with Gasteiger partial charge in [0, 0.05) is 58.5 Å². The number of aromatic amines is 1. The van der Waals surface area contributed by atoms with Gasteiger partial charge < -0.3 is 24.7 Å². The first-order valence-electron chi connectivity index (χ1n) is 16.0. The van der Waals surface area contributed by atoms with Gasteiger partial charge in [0.2, 0.25) is 0 Å². The molecule has 2 N–H and O–H groups in total. The van der Waals surface area contributed by atoms with Crippen molar-refractivity contribution < 1.29 is 19.1 Å². The lowest BCUT2D eigenvalue weighted by Gasteiger charge is -2.22. The number of rotatable bonds is 9. The summed E-state index contributed by atoms with van der Waals surface area (Å²) in [5.41, 5.74) is 5.99. The number of amides is 1. The third-order valence-electron chi connectivity index (χ3n) is 8.54. The van der Waals surface area contributed by atoms with Crippen LogP contribution in [0.3, 0.4) is 0 Å². The molecule has 1 saturated heterocycles. The molecule has 1 aromatic heterocycles. The van der Waals surface area contributed by atoms with Crippen LogP contribution in [-0.4, -0.2) is 48.7 Å². The van der Waals surface area contributed by atoms with Crippen LogP contribution >= 0.6 is 11.6 Å². The molecule has 8 heteroatoms. The quantitative estimate of drug-likeness (QED) is 0.156. The van der Waals surface area contributed by atoms with Gasteiger partial charge in [0.1, 0.15) is 11.4 Å². The number of ketones is 1. The van der Waals surface area contributed by atoms with Crippen LogP contribution in [0.1, 0.15) is 61.1 Å². The van der Waals surface area contributed by atoms with E-state index in [1.807, 2.05) is 75.4 Å². The summed E-state index contributed by atoms with van der Waals surface area (Å²) in [4.78, 5) is 32.0. The Morgan fingerprint density at radius 2 is 1.74 bits per heavy atom. The Bertz CT molecular complexity index is 1860. The number of anilines is 1. The number of alkyl carbamates (subject to hydrolysis) is 1. The molecule has 0 unspecified atom stereocenters. The highest BCUT2D eigenvalue weighted by molar-refractivity contribution is 6.30. The Kier molecular flexibility index (Phi) is 9.28. The number of carbonyl (C=O) groups is 2. The monoisotopic (exact) mass is 649 g/mol. The van der Waals surface area contributed by atoms with Gasteiger partial charge in [-0.3, -0.25) is 4.79 Å². The lowest BCUT2D eigenvalue weighted by atomic mass is 9.87. The molecule has 2 heterocycles. The maximum atomic E-state index is 14.0. The van der Waals surface area contributed by atoms with E-state index >= 15 is 0 Å². The van der Waals surface area contributed by atoms with Gasteiger partial charge in [0.15, 0.2) is 5.78 Å². The fourth-order valence-corrected chi connectivity index (χ4v) is 6.46. The average Bonchev–Trinajstić information content (AvgIpc) is 3.70. The number of H-pyrrole nitrogens is 1. The maximum Gasteiger partial charge on any atom is 0.407 e. The second-order valence-corrected chi connectivity index (χ2v) is 13.5. The number of fused-ring (bicyclic) bond motifs is 1. The zero-order chi connectivity index (χ0) is 33.1. The van der Waals surface area contributed by atoms with Crippen LogP contribution in [0.15, 0.2) is 97.1 Å². The summed E-state index contributed by atoms with van der Waals surface area (Å²) < 4.78 is 11.1. The van der Waals surface area contributed by atoms with Crippen LogP contribution in [0.4, 0.5) is 10.5 Å². The minimum atomic E-state index is -0.525. The van der Waals surface area contributed by atoms with E-state index in [2.05, 4.69) is 51.6 Å². The molecule has 0 aliphatic carbocycles. The van der Waals surface area contributed by atoms with Crippen LogP contribution in [-0.2, 0) is 4.74 Å². The normalized spacial score (nSPS) is 15.4. The van der Waals surface area contributed by atoms with E-state index in [-0.39, 0.29) is 30.3 Å². The van der Waals surface area contributed by atoms with Gasteiger partial charge in [0.05, 0.1) is 13.2 Å². The molecule has 5 aromatic rings. The summed E-state index contributed by atoms with van der Waals surface area (Å²) in [7, 11) is 1.63. The summed E-state index contributed by atoms with van der Waals surface area (Å²) >= 11 is 6.45. The SMILES string of the molecule is COc1ccc(Cl)cc1[C@@H](CC(=O)c1cccc(-c2ccc(N3CC[C@H](NC(=O)OC(C)(C)C)C3)cc2)c1)c1cc2ccccc2[nH]1. The topological polar surface area (TPSA) is 83.7 Å². The number of carbonyl (C=O) groups excluding carboxylic acids is 2. The number of halogens is 1. The van der Waals surface area contributed by atoms with Crippen molar-refractivity contribution >= 4 is 40.1 Å². The highest BCUT2D eigenvalue weighted by Crippen LogP contribution is 2.38. The molecule has 1 amide bonds. The molecule has 0 spiro atoms. The van der Waals surface area contributed by atoms with E-state index < -0.39 is 5.60 Å². The van der Waals surface area contributed by atoms with Crippen LogP contribution in [0.25, 0.3) is 22.0 Å². The molecule has 1 fully saturated rings. The molecule has 47 heavy (non-hydrogen) atoms. The molecule has 2 atom stereocenters. The third kappa shape index (κ3) is 7.63. The first kappa shape index (κ1) is 32.2. The van der Waals surface area contributed by atoms with Crippen LogP contribution in [0.2, 0.25) is 5.02 Å². The van der Waals surface area contributed by atoms with Crippen LogP contribution < -0.4 is 15.0 Å². The highest BCUT2D eigenvalue weighted by Gasteiger charge is 2.27. The Morgan fingerprint density at radius 1 is 0.957 bits per heavy atom. The molecule has 7 nitrogen and oxygen atoms in total. The number of hydrogen-bond acceptors (Lipinski definition) is 5. The first-order chi connectivity index (χ1) is 22.6.